The summed E-state index contributed by atoms with van der Waals surface area (Å²) in [7, 11) is 3.53. The normalized spacial score (nSPS) is 18.2. The minimum Gasteiger partial charge on any atom is -0.468 e. The van der Waals surface area contributed by atoms with Crippen molar-refractivity contribution < 1.29 is 13.9 Å². The molecule has 3 heterocycles. The predicted molar refractivity (Wildman–Crippen MR) is 85.5 cm³/mol. The van der Waals surface area contributed by atoms with E-state index >= 15 is 0 Å². The Morgan fingerprint density at radius 1 is 1.43 bits per heavy atom. The number of piperidine rings is 1. The highest BCUT2D eigenvalue weighted by Crippen LogP contribution is 2.25. The first-order valence-electron chi connectivity index (χ1n) is 8.10. The monoisotopic (exact) mass is 317 g/mol. The van der Waals surface area contributed by atoms with Gasteiger partial charge in [-0.05, 0) is 31.7 Å². The van der Waals surface area contributed by atoms with Crippen molar-refractivity contribution in [1.29, 1.82) is 0 Å². The predicted octanol–water partition coefficient (Wildman–Crippen LogP) is 2.65. The molecule has 0 bridgehead atoms. The van der Waals surface area contributed by atoms with Crippen LogP contribution in [0.4, 0.5) is 0 Å². The van der Waals surface area contributed by atoms with Gasteiger partial charge >= 0.3 is 0 Å². The van der Waals surface area contributed by atoms with E-state index in [1.807, 2.05) is 28.9 Å². The van der Waals surface area contributed by atoms with Crippen molar-refractivity contribution in [3.8, 4) is 5.95 Å². The molecule has 1 aliphatic heterocycles. The molecule has 6 nitrogen and oxygen atoms in total. The molecular formula is C17H23N3O3. The van der Waals surface area contributed by atoms with Crippen LogP contribution in [-0.2, 0) is 13.5 Å². The minimum atomic E-state index is -0.0437. The summed E-state index contributed by atoms with van der Waals surface area (Å²) in [6.07, 6.45) is 8.81. The number of hydrogen-bond donors (Lipinski definition) is 0. The van der Waals surface area contributed by atoms with Crippen LogP contribution in [0, 0.1) is 0 Å². The van der Waals surface area contributed by atoms with E-state index in [4.69, 9.17) is 9.15 Å². The molecule has 2 aromatic rings. The highest BCUT2D eigenvalue weighted by molar-refractivity contribution is 5.92. The maximum atomic E-state index is 12.7. The molecule has 0 aromatic carbocycles. The van der Waals surface area contributed by atoms with Crippen LogP contribution >= 0.6 is 0 Å². The number of aromatic nitrogens is 2. The van der Waals surface area contributed by atoms with Crippen molar-refractivity contribution in [2.75, 3.05) is 13.7 Å². The summed E-state index contributed by atoms with van der Waals surface area (Å²) in [6.45, 7) is 0.785. The van der Waals surface area contributed by atoms with E-state index in [0.717, 1.165) is 44.5 Å². The Balaban J connectivity index is 1.68. The maximum absolute atomic E-state index is 12.7. The third-order valence-electron chi connectivity index (χ3n) is 4.50. The van der Waals surface area contributed by atoms with Crippen molar-refractivity contribution in [1.82, 2.24) is 14.5 Å². The number of hydrogen-bond acceptors (Lipinski definition) is 4. The fourth-order valence-electron chi connectivity index (χ4n) is 3.19. The summed E-state index contributed by atoms with van der Waals surface area (Å²) in [4.78, 5) is 19.0. The van der Waals surface area contributed by atoms with E-state index in [1.165, 1.54) is 7.11 Å². The molecule has 23 heavy (non-hydrogen) atoms. The Morgan fingerprint density at radius 2 is 2.30 bits per heavy atom. The van der Waals surface area contributed by atoms with Gasteiger partial charge in [-0.25, -0.2) is 4.98 Å². The van der Waals surface area contributed by atoms with E-state index in [0.29, 0.717) is 11.7 Å². The zero-order valence-electron chi connectivity index (χ0n) is 13.7. The number of amides is 1. The van der Waals surface area contributed by atoms with Gasteiger partial charge in [0, 0.05) is 44.5 Å². The summed E-state index contributed by atoms with van der Waals surface area (Å²) in [6, 6.07) is 3.61. The molecule has 2 aromatic heterocycles. The van der Waals surface area contributed by atoms with Crippen molar-refractivity contribution in [2.24, 2.45) is 7.05 Å². The third-order valence-corrected chi connectivity index (χ3v) is 4.50. The van der Waals surface area contributed by atoms with Gasteiger partial charge in [0.1, 0.15) is 5.82 Å². The van der Waals surface area contributed by atoms with Crippen LogP contribution in [-0.4, -0.2) is 40.1 Å². The van der Waals surface area contributed by atoms with Gasteiger partial charge in [0.2, 0.25) is 0 Å². The quantitative estimate of drug-likeness (QED) is 0.850. The topological polar surface area (TPSA) is 60.5 Å². The molecule has 1 aliphatic rings. The molecule has 1 amide bonds. The summed E-state index contributed by atoms with van der Waals surface area (Å²) in [5, 5.41) is 0. The summed E-state index contributed by atoms with van der Waals surface area (Å²) in [5.74, 6) is 1.74. The van der Waals surface area contributed by atoms with Crippen molar-refractivity contribution >= 4 is 5.91 Å². The molecule has 0 spiro atoms. The largest absolute Gasteiger partial charge is 0.468 e. The van der Waals surface area contributed by atoms with Crippen LogP contribution in [0.2, 0.25) is 0 Å². The van der Waals surface area contributed by atoms with Crippen LogP contribution in [0.15, 0.2) is 28.9 Å². The minimum absolute atomic E-state index is 0.0437. The summed E-state index contributed by atoms with van der Waals surface area (Å²) >= 11 is 0. The Kier molecular flexibility index (Phi) is 4.69. The van der Waals surface area contributed by atoms with Gasteiger partial charge in [-0.2, -0.15) is 0 Å². The Bertz CT molecular complexity index is 662. The van der Waals surface area contributed by atoms with Gasteiger partial charge in [-0.3, -0.25) is 4.79 Å². The number of carbonyl (C=O) groups excluding carboxylic acids is 1. The lowest BCUT2D eigenvalue weighted by Gasteiger charge is -2.35. The smallest absolute Gasteiger partial charge is 0.289 e. The van der Waals surface area contributed by atoms with Crippen molar-refractivity contribution in [2.45, 2.75) is 38.1 Å². The molecule has 3 rings (SSSR count). The van der Waals surface area contributed by atoms with E-state index in [-0.39, 0.29) is 11.9 Å². The van der Waals surface area contributed by atoms with E-state index in [2.05, 4.69) is 4.98 Å². The lowest BCUT2D eigenvalue weighted by Crippen LogP contribution is -2.43. The molecule has 0 aliphatic carbocycles. The van der Waals surface area contributed by atoms with Gasteiger partial charge in [0.15, 0.2) is 5.76 Å². The number of rotatable bonds is 5. The number of ether oxygens (including phenoxy) is 1. The molecule has 6 heteroatoms. The SMILES string of the molecule is COc1ccc(C(=O)N2CCCC[C@H]2CCc2nccn2C)o1. The number of methoxy groups -OCH3 is 1. The Morgan fingerprint density at radius 3 is 3.00 bits per heavy atom. The highest BCUT2D eigenvalue weighted by Gasteiger charge is 2.29. The average molecular weight is 317 g/mol. The standard InChI is InChI=1S/C17H23N3O3/c1-19-12-10-18-15(19)8-6-13-5-3-4-11-20(13)17(21)14-7-9-16(22-2)23-14/h7,9-10,12-13H,3-6,8,11H2,1-2H3/t13-/m0/s1. The number of aryl methyl sites for hydroxylation is 2. The van der Waals surface area contributed by atoms with Crippen LogP contribution < -0.4 is 4.74 Å². The van der Waals surface area contributed by atoms with Gasteiger partial charge in [0.25, 0.3) is 11.9 Å². The van der Waals surface area contributed by atoms with Gasteiger partial charge in [-0.15, -0.1) is 0 Å². The Hall–Kier alpha value is -2.24. The molecule has 1 fully saturated rings. The second-order valence-electron chi connectivity index (χ2n) is 5.96. The van der Waals surface area contributed by atoms with Crippen LogP contribution in [0.25, 0.3) is 0 Å². The fraction of sp³-hybridized carbons (Fsp3) is 0.529. The maximum Gasteiger partial charge on any atom is 0.289 e. The first kappa shape index (κ1) is 15.6. The lowest BCUT2D eigenvalue weighted by atomic mass is 9.97. The molecule has 1 saturated heterocycles. The number of carbonyl (C=O) groups is 1. The molecule has 1 atom stereocenters. The molecule has 0 saturated carbocycles. The Labute approximate surface area is 136 Å². The number of likely N-dealkylation sites (tertiary alicyclic amines) is 1. The number of nitrogens with zero attached hydrogens (tertiary/aromatic N) is 3. The lowest BCUT2D eigenvalue weighted by molar-refractivity contribution is 0.0563. The highest BCUT2D eigenvalue weighted by atomic mass is 16.6. The first-order chi connectivity index (χ1) is 11.2. The zero-order chi connectivity index (χ0) is 16.2. The fourth-order valence-corrected chi connectivity index (χ4v) is 3.19. The van der Waals surface area contributed by atoms with E-state index in [9.17, 15) is 4.79 Å². The van der Waals surface area contributed by atoms with E-state index < -0.39 is 0 Å². The second kappa shape index (κ2) is 6.89. The van der Waals surface area contributed by atoms with E-state index in [1.54, 1.807) is 12.1 Å². The molecule has 0 radical (unpaired) electrons. The third kappa shape index (κ3) is 3.41. The van der Waals surface area contributed by atoms with Gasteiger partial charge in [0.05, 0.1) is 7.11 Å². The molecule has 124 valence electrons. The van der Waals surface area contributed by atoms with Crippen LogP contribution in [0.1, 0.15) is 42.1 Å². The van der Waals surface area contributed by atoms with Crippen molar-refractivity contribution in [3.63, 3.8) is 0 Å². The first-order valence-corrected chi connectivity index (χ1v) is 8.10. The molecule has 0 unspecified atom stereocenters. The zero-order valence-corrected chi connectivity index (χ0v) is 13.7. The summed E-state index contributed by atoms with van der Waals surface area (Å²) in [5.41, 5.74) is 0. The second-order valence-corrected chi connectivity index (χ2v) is 5.96. The molecular weight excluding hydrogens is 294 g/mol. The summed E-state index contributed by atoms with van der Waals surface area (Å²) < 4.78 is 12.5. The van der Waals surface area contributed by atoms with Crippen LogP contribution in [0.3, 0.4) is 0 Å². The van der Waals surface area contributed by atoms with Crippen molar-refractivity contribution in [3.05, 3.63) is 36.1 Å². The number of imidazole rings is 1. The van der Waals surface area contributed by atoms with Crippen LogP contribution in [0.5, 0.6) is 5.95 Å². The van der Waals surface area contributed by atoms with Gasteiger partial charge in [-0.1, -0.05) is 0 Å². The van der Waals surface area contributed by atoms with Gasteiger partial charge < -0.3 is 18.6 Å². The molecule has 0 N–H and O–H groups in total. The number of furan rings is 1. The average Bonchev–Trinajstić information content (AvgIpc) is 3.21.